The number of hydrogen-bond acceptors (Lipinski definition) is 10. The van der Waals surface area contributed by atoms with Gasteiger partial charge in [0.25, 0.3) is 0 Å². The molecule has 5 atom stereocenters. The number of phosphoric acid groups is 1. The molecule has 0 aliphatic carbocycles. The summed E-state index contributed by atoms with van der Waals surface area (Å²) in [6, 6.07) is 19.6. The van der Waals surface area contributed by atoms with Gasteiger partial charge in [0.2, 0.25) is 6.29 Å². The zero-order chi connectivity index (χ0) is 39.9. The van der Waals surface area contributed by atoms with Crippen LogP contribution in [0.15, 0.2) is 60.7 Å². The highest BCUT2D eigenvalue weighted by Crippen LogP contribution is 2.53. The molecule has 0 aromatic heterocycles. The number of carbonyl (C=O) groups excluding carboxylic acids is 1. The number of carbonyl (C=O) groups is 1. The molecule has 2 aromatic carbocycles. The average Bonchev–Trinajstić information content (AvgIpc) is 3.11. The Kier molecular flexibility index (Phi) is 19.0. The zero-order valence-corrected chi connectivity index (χ0v) is 36.7. The monoisotopic (exact) mass is 792 g/mol. The van der Waals surface area contributed by atoms with Crippen molar-refractivity contribution >= 4 is 22.1 Å². The number of ether oxygens (including phenoxy) is 4. The lowest BCUT2D eigenvalue weighted by atomic mass is 9.95. The first-order chi connectivity index (χ1) is 25.6. The predicted molar refractivity (Wildman–Crippen MR) is 215 cm³/mol. The van der Waals surface area contributed by atoms with Gasteiger partial charge in [-0.15, -0.1) is 0 Å². The van der Waals surface area contributed by atoms with Gasteiger partial charge in [-0.1, -0.05) is 129 Å². The fourth-order valence-corrected chi connectivity index (χ4v) is 13.8. The normalized spacial score (nSPS) is 21.3. The van der Waals surface area contributed by atoms with Gasteiger partial charge in [0.15, 0.2) is 14.4 Å². The average molecular weight is 793 g/mol. The minimum absolute atomic E-state index is 0.156. The first kappa shape index (κ1) is 46.5. The van der Waals surface area contributed by atoms with Crippen molar-refractivity contribution in [2.75, 3.05) is 19.8 Å². The second-order valence-electron chi connectivity index (χ2n) is 16.2. The van der Waals surface area contributed by atoms with Gasteiger partial charge in [0.05, 0.1) is 38.4 Å². The summed E-state index contributed by atoms with van der Waals surface area (Å²) in [5, 5.41) is 0. The molecule has 1 aliphatic rings. The van der Waals surface area contributed by atoms with Crippen LogP contribution in [0.4, 0.5) is 0 Å². The summed E-state index contributed by atoms with van der Waals surface area (Å²) in [4.78, 5) is 13.8. The zero-order valence-electron chi connectivity index (χ0n) is 34.8. The smallest absolute Gasteiger partial charge is 0.454 e. The first-order valence-corrected chi connectivity index (χ1v) is 23.6. The van der Waals surface area contributed by atoms with E-state index in [1.807, 2.05) is 74.5 Å². The molecule has 0 saturated carbocycles. The molecule has 54 heavy (non-hydrogen) atoms. The summed E-state index contributed by atoms with van der Waals surface area (Å²) in [5.41, 5.74) is 1.91. The molecular formula is C42H69O10PSi. The van der Waals surface area contributed by atoms with Gasteiger partial charge in [-0.2, -0.15) is 0 Å². The third-order valence-electron chi connectivity index (χ3n) is 9.95. The molecule has 0 spiro atoms. The van der Waals surface area contributed by atoms with Crippen molar-refractivity contribution in [3.05, 3.63) is 71.8 Å². The second kappa shape index (κ2) is 22.1. The lowest BCUT2D eigenvalue weighted by molar-refractivity contribution is -0.304. The van der Waals surface area contributed by atoms with E-state index in [1.165, 1.54) is 0 Å². The summed E-state index contributed by atoms with van der Waals surface area (Å²) in [6.45, 7) is 23.6. The number of benzene rings is 2. The third kappa shape index (κ3) is 13.3. The molecule has 10 nitrogen and oxygen atoms in total. The molecule has 306 valence electrons. The summed E-state index contributed by atoms with van der Waals surface area (Å²) >= 11 is 0. The van der Waals surface area contributed by atoms with E-state index in [4.69, 9.17) is 36.9 Å². The number of hydrogen-bond donors (Lipinski definition) is 0. The van der Waals surface area contributed by atoms with Crippen LogP contribution in [0.25, 0.3) is 0 Å². The van der Waals surface area contributed by atoms with Crippen LogP contribution in [-0.2, 0) is 59.5 Å². The molecule has 1 fully saturated rings. The van der Waals surface area contributed by atoms with Gasteiger partial charge in [-0.3, -0.25) is 18.4 Å². The molecule has 1 saturated heterocycles. The van der Waals surface area contributed by atoms with E-state index in [9.17, 15) is 9.36 Å². The Hall–Kier alpha value is -1.92. The van der Waals surface area contributed by atoms with Crippen LogP contribution in [-0.4, -0.2) is 64.8 Å². The molecule has 0 radical (unpaired) electrons. The quantitative estimate of drug-likeness (QED) is 0.0467. The van der Waals surface area contributed by atoms with Gasteiger partial charge in [0.1, 0.15) is 18.3 Å². The van der Waals surface area contributed by atoms with Crippen LogP contribution < -0.4 is 0 Å². The Morgan fingerprint density at radius 3 is 1.63 bits per heavy atom. The van der Waals surface area contributed by atoms with Crippen LogP contribution in [0.3, 0.4) is 0 Å². The maximum atomic E-state index is 14.4. The van der Waals surface area contributed by atoms with Crippen LogP contribution in [0.5, 0.6) is 0 Å². The number of unbranched alkanes of at least 4 members (excludes halogenated alkanes) is 2. The van der Waals surface area contributed by atoms with Crippen molar-refractivity contribution in [3.63, 3.8) is 0 Å². The fraction of sp³-hybridized carbons (Fsp3) is 0.690. The molecule has 3 rings (SSSR count). The van der Waals surface area contributed by atoms with Crippen molar-refractivity contribution in [2.45, 2.75) is 162 Å². The van der Waals surface area contributed by atoms with Gasteiger partial charge < -0.3 is 23.4 Å². The number of rotatable bonds is 23. The van der Waals surface area contributed by atoms with Crippen molar-refractivity contribution in [1.82, 2.24) is 0 Å². The maximum absolute atomic E-state index is 14.4. The van der Waals surface area contributed by atoms with E-state index >= 15 is 0 Å². The van der Waals surface area contributed by atoms with E-state index in [0.29, 0.717) is 29.5 Å². The minimum Gasteiger partial charge on any atom is -0.454 e. The molecule has 1 aliphatic heterocycles. The minimum atomic E-state index is -4.22. The Bertz CT molecular complexity index is 1370. The van der Waals surface area contributed by atoms with Crippen molar-refractivity contribution in [3.8, 4) is 0 Å². The van der Waals surface area contributed by atoms with Crippen LogP contribution >= 0.6 is 7.82 Å². The summed E-state index contributed by atoms with van der Waals surface area (Å²) in [7, 11) is -6.63. The molecule has 0 amide bonds. The summed E-state index contributed by atoms with van der Waals surface area (Å²) in [6.07, 6.45) is -2.15. The lowest BCUT2D eigenvalue weighted by Gasteiger charge is -2.48. The Morgan fingerprint density at radius 2 is 1.20 bits per heavy atom. The Morgan fingerprint density at radius 1 is 0.741 bits per heavy atom. The first-order valence-electron chi connectivity index (χ1n) is 20.0. The third-order valence-corrected chi connectivity index (χ3v) is 17.5. The van der Waals surface area contributed by atoms with E-state index in [-0.39, 0.29) is 33.0 Å². The van der Waals surface area contributed by atoms with E-state index in [0.717, 1.165) is 24.0 Å². The number of phosphoric ester groups is 1. The number of esters is 1. The molecule has 1 heterocycles. The second-order valence-corrected chi connectivity index (χ2v) is 23.3. The fourth-order valence-electron chi connectivity index (χ4n) is 7.04. The molecular weight excluding hydrogens is 724 g/mol. The predicted octanol–water partition coefficient (Wildman–Crippen LogP) is 10.8. The van der Waals surface area contributed by atoms with Crippen molar-refractivity contribution in [1.29, 1.82) is 0 Å². The van der Waals surface area contributed by atoms with Gasteiger partial charge in [-0.05, 0) is 61.4 Å². The van der Waals surface area contributed by atoms with Gasteiger partial charge in [0, 0.05) is 0 Å². The standard InChI is InChI=1S/C42H69O10PSi/c1-12-14-26-47-53(44,48-27-15-13-2)52-40-39(51-41(43)42(9,10)11)38(46-29-35-24-20-17-21-25-35)37(45-28-34-22-18-16-19-23-34)36(50-40)30-49-54(31(3)4,32(5)6)33(7)8/h16-25,31-33,36-40H,12-15,26-30H2,1-11H3/t36-,37-,38+,39-,40+/m1/s1. The van der Waals surface area contributed by atoms with E-state index < -0.39 is 58.2 Å². The topological polar surface area (TPSA) is 108 Å². The highest BCUT2D eigenvalue weighted by molar-refractivity contribution is 7.48. The van der Waals surface area contributed by atoms with Crippen LogP contribution in [0.2, 0.25) is 16.6 Å². The van der Waals surface area contributed by atoms with Crippen LogP contribution in [0.1, 0.15) is 113 Å². The largest absolute Gasteiger partial charge is 0.477 e. The van der Waals surface area contributed by atoms with E-state index in [1.54, 1.807) is 20.8 Å². The molecule has 0 unspecified atom stereocenters. The molecule has 12 heteroatoms. The van der Waals surface area contributed by atoms with Gasteiger partial charge >= 0.3 is 13.8 Å². The molecule has 0 N–H and O–H groups in total. The summed E-state index contributed by atoms with van der Waals surface area (Å²) < 4.78 is 66.3. The highest BCUT2D eigenvalue weighted by atomic mass is 31.2. The lowest BCUT2D eigenvalue weighted by Crippen LogP contribution is -2.63. The highest BCUT2D eigenvalue weighted by Gasteiger charge is 2.55. The SMILES string of the molecule is CCCCOP(=O)(OCCCC)O[C@@H]1O[C@H](CO[Si](C(C)C)(C(C)C)C(C)C)[C@@H](OCc2ccccc2)[C@H](OCc2ccccc2)[C@H]1OC(=O)C(C)(C)C. The molecule has 2 aromatic rings. The van der Waals surface area contributed by atoms with Crippen molar-refractivity contribution in [2.24, 2.45) is 5.41 Å². The Labute approximate surface area is 327 Å². The van der Waals surface area contributed by atoms with E-state index in [2.05, 4.69) is 41.5 Å². The molecule has 0 bridgehead atoms. The maximum Gasteiger partial charge on any atom is 0.477 e. The van der Waals surface area contributed by atoms with Crippen LogP contribution in [0, 0.1) is 5.41 Å². The Balaban J connectivity index is 2.19. The van der Waals surface area contributed by atoms with Gasteiger partial charge in [-0.25, -0.2) is 4.57 Å². The summed E-state index contributed by atoms with van der Waals surface area (Å²) in [5.74, 6) is -0.506. The van der Waals surface area contributed by atoms with Crippen molar-refractivity contribution < 1.29 is 46.3 Å².